The predicted molar refractivity (Wildman–Crippen MR) is 74.2 cm³/mol. The maximum atomic E-state index is 11.6. The van der Waals surface area contributed by atoms with Crippen LogP contribution in [-0.2, 0) is 4.74 Å². The normalized spacial score (nSPS) is 10.2. The maximum Gasteiger partial charge on any atom is 0.340 e. The quantitative estimate of drug-likeness (QED) is 0.578. The average Bonchev–Trinajstić information content (AvgIpc) is 2.40. The molecule has 5 nitrogen and oxygen atoms in total. The summed E-state index contributed by atoms with van der Waals surface area (Å²) in [6.07, 6.45) is 5.95. The molecule has 1 heterocycles. The van der Waals surface area contributed by atoms with Crippen molar-refractivity contribution in [2.24, 2.45) is 0 Å². The number of nitrogen functional groups attached to an aromatic ring is 1. The number of aromatic nitrogens is 1. The molecule has 0 aliphatic rings. The highest BCUT2D eigenvalue weighted by atomic mass is 16.5. The van der Waals surface area contributed by atoms with Crippen molar-refractivity contribution in [1.29, 1.82) is 0 Å². The van der Waals surface area contributed by atoms with E-state index in [1.807, 2.05) is 0 Å². The number of nitrogens with zero attached hydrogens (tertiary/aromatic N) is 1. The lowest BCUT2D eigenvalue weighted by Gasteiger charge is -2.10. The number of unbranched alkanes of at least 4 members (excludes halogenated alkanes) is 3. The van der Waals surface area contributed by atoms with E-state index in [0.717, 1.165) is 12.8 Å². The number of hydrogen-bond acceptors (Lipinski definition) is 5. The van der Waals surface area contributed by atoms with Gasteiger partial charge in [-0.3, -0.25) is 0 Å². The van der Waals surface area contributed by atoms with E-state index in [4.69, 9.17) is 15.2 Å². The standard InChI is InChI=1S/C14H22N2O3/c1-3-5-6-7-10-19-13-12(15)11(8-9-16-13)14(17)18-4-2/h8-9H,3-7,10,15H2,1-2H3. The average molecular weight is 266 g/mol. The summed E-state index contributed by atoms with van der Waals surface area (Å²) in [5.41, 5.74) is 6.42. The maximum absolute atomic E-state index is 11.6. The van der Waals surface area contributed by atoms with Gasteiger partial charge in [-0.15, -0.1) is 0 Å². The lowest BCUT2D eigenvalue weighted by atomic mass is 10.2. The number of carbonyl (C=O) groups is 1. The molecular weight excluding hydrogens is 244 g/mol. The first-order valence-corrected chi connectivity index (χ1v) is 6.75. The van der Waals surface area contributed by atoms with Gasteiger partial charge in [0.2, 0.25) is 5.88 Å². The van der Waals surface area contributed by atoms with Gasteiger partial charge in [0.15, 0.2) is 0 Å². The molecule has 5 heteroatoms. The van der Waals surface area contributed by atoms with E-state index in [1.54, 1.807) is 6.92 Å². The van der Waals surface area contributed by atoms with Crippen molar-refractivity contribution in [2.75, 3.05) is 18.9 Å². The fraction of sp³-hybridized carbons (Fsp3) is 0.571. The Morgan fingerprint density at radius 2 is 2.11 bits per heavy atom. The summed E-state index contributed by atoms with van der Waals surface area (Å²) < 4.78 is 10.4. The van der Waals surface area contributed by atoms with Crippen LogP contribution < -0.4 is 10.5 Å². The van der Waals surface area contributed by atoms with E-state index < -0.39 is 5.97 Å². The Balaban J connectivity index is 2.59. The number of rotatable bonds is 8. The first-order valence-electron chi connectivity index (χ1n) is 6.75. The number of hydrogen-bond donors (Lipinski definition) is 1. The van der Waals surface area contributed by atoms with Crippen molar-refractivity contribution in [3.8, 4) is 5.88 Å². The van der Waals surface area contributed by atoms with Crippen molar-refractivity contribution in [1.82, 2.24) is 4.98 Å². The minimum absolute atomic E-state index is 0.247. The Morgan fingerprint density at radius 3 is 2.79 bits per heavy atom. The highest BCUT2D eigenvalue weighted by molar-refractivity contribution is 5.96. The summed E-state index contributed by atoms with van der Waals surface area (Å²) in [5.74, 6) is -0.139. The fourth-order valence-electron chi connectivity index (χ4n) is 1.65. The molecule has 0 saturated heterocycles. The number of pyridine rings is 1. The zero-order valence-electron chi connectivity index (χ0n) is 11.6. The number of ether oxygens (including phenoxy) is 2. The van der Waals surface area contributed by atoms with Gasteiger partial charge in [0.05, 0.1) is 18.8 Å². The lowest BCUT2D eigenvalue weighted by Crippen LogP contribution is -2.10. The first kappa shape index (κ1) is 15.3. The van der Waals surface area contributed by atoms with E-state index in [9.17, 15) is 4.79 Å². The summed E-state index contributed by atoms with van der Waals surface area (Å²) in [6, 6.07) is 1.54. The van der Waals surface area contributed by atoms with Crippen LogP contribution in [0.3, 0.4) is 0 Å². The largest absolute Gasteiger partial charge is 0.476 e. The van der Waals surface area contributed by atoms with Crippen molar-refractivity contribution >= 4 is 11.7 Å². The topological polar surface area (TPSA) is 74.4 Å². The Labute approximate surface area is 114 Å². The summed E-state index contributed by atoms with van der Waals surface area (Å²) in [5, 5.41) is 0. The molecule has 0 spiro atoms. The first-order chi connectivity index (χ1) is 9.20. The highest BCUT2D eigenvalue weighted by Gasteiger charge is 2.15. The van der Waals surface area contributed by atoms with Crippen LogP contribution in [0.2, 0.25) is 0 Å². The Hall–Kier alpha value is -1.78. The van der Waals surface area contributed by atoms with Crippen LogP contribution in [0.25, 0.3) is 0 Å². The molecule has 0 bridgehead atoms. The molecule has 1 aromatic heterocycles. The SMILES string of the molecule is CCCCCCOc1nccc(C(=O)OCC)c1N. The van der Waals surface area contributed by atoms with Gasteiger partial charge < -0.3 is 15.2 Å². The number of anilines is 1. The van der Waals surface area contributed by atoms with Gasteiger partial charge in [-0.25, -0.2) is 9.78 Å². The molecular formula is C14H22N2O3. The molecule has 1 aromatic rings. The zero-order valence-corrected chi connectivity index (χ0v) is 11.6. The van der Waals surface area contributed by atoms with E-state index >= 15 is 0 Å². The molecule has 0 aliphatic carbocycles. The Kier molecular flexibility index (Phi) is 6.71. The van der Waals surface area contributed by atoms with Crippen LogP contribution in [0.15, 0.2) is 12.3 Å². The van der Waals surface area contributed by atoms with Gasteiger partial charge in [-0.05, 0) is 19.4 Å². The predicted octanol–water partition coefficient (Wildman–Crippen LogP) is 2.80. The Bertz CT molecular complexity index is 408. The number of carbonyl (C=O) groups excluding carboxylic acids is 1. The smallest absolute Gasteiger partial charge is 0.340 e. The molecule has 19 heavy (non-hydrogen) atoms. The van der Waals surface area contributed by atoms with Gasteiger partial charge in [0.1, 0.15) is 5.69 Å². The van der Waals surface area contributed by atoms with Gasteiger partial charge in [0, 0.05) is 6.20 Å². The summed E-state index contributed by atoms with van der Waals surface area (Å²) in [6.45, 7) is 4.78. The molecule has 1 rings (SSSR count). The molecule has 2 N–H and O–H groups in total. The van der Waals surface area contributed by atoms with E-state index in [1.165, 1.54) is 25.1 Å². The molecule has 0 radical (unpaired) electrons. The molecule has 0 fully saturated rings. The molecule has 0 aromatic carbocycles. The second-order valence-electron chi connectivity index (χ2n) is 4.21. The van der Waals surface area contributed by atoms with Crippen molar-refractivity contribution in [3.63, 3.8) is 0 Å². The molecule has 0 amide bonds. The third-order valence-corrected chi connectivity index (χ3v) is 2.69. The highest BCUT2D eigenvalue weighted by Crippen LogP contribution is 2.23. The zero-order chi connectivity index (χ0) is 14.1. The lowest BCUT2D eigenvalue weighted by molar-refractivity contribution is 0.0527. The Morgan fingerprint density at radius 1 is 1.32 bits per heavy atom. The molecule has 0 aliphatic heterocycles. The van der Waals surface area contributed by atoms with Gasteiger partial charge in [0.25, 0.3) is 0 Å². The second kappa shape index (κ2) is 8.34. The van der Waals surface area contributed by atoms with Crippen LogP contribution in [0.1, 0.15) is 49.9 Å². The molecule has 0 saturated carbocycles. The van der Waals surface area contributed by atoms with E-state index in [-0.39, 0.29) is 5.69 Å². The van der Waals surface area contributed by atoms with E-state index in [0.29, 0.717) is 24.7 Å². The fourth-order valence-corrected chi connectivity index (χ4v) is 1.65. The third-order valence-electron chi connectivity index (χ3n) is 2.69. The van der Waals surface area contributed by atoms with Crippen LogP contribution in [0.4, 0.5) is 5.69 Å². The number of nitrogens with two attached hydrogens (primary N) is 1. The van der Waals surface area contributed by atoms with Crippen LogP contribution in [-0.4, -0.2) is 24.2 Å². The van der Waals surface area contributed by atoms with Crippen LogP contribution in [0, 0.1) is 0 Å². The van der Waals surface area contributed by atoms with Crippen LogP contribution in [0.5, 0.6) is 5.88 Å². The van der Waals surface area contributed by atoms with Crippen LogP contribution >= 0.6 is 0 Å². The monoisotopic (exact) mass is 266 g/mol. The van der Waals surface area contributed by atoms with Crippen molar-refractivity contribution in [2.45, 2.75) is 39.5 Å². The minimum Gasteiger partial charge on any atom is -0.476 e. The summed E-state index contributed by atoms with van der Waals surface area (Å²) in [7, 11) is 0. The summed E-state index contributed by atoms with van der Waals surface area (Å²) >= 11 is 0. The molecule has 106 valence electrons. The van der Waals surface area contributed by atoms with Gasteiger partial charge in [-0.1, -0.05) is 26.2 Å². The molecule has 0 atom stereocenters. The number of esters is 1. The molecule has 0 unspecified atom stereocenters. The van der Waals surface area contributed by atoms with Crippen molar-refractivity contribution in [3.05, 3.63) is 17.8 Å². The van der Waals surface area contributed by atoms with Gasteiger partial charge >= 0.3 is 5.97 Å². The van der Waals surface area contributed by atoms with E-state index in [2.05, 4.69) is 11.9 Å². The third kappa shape index (κ3) is 4.77. The van der Waals surface area contributed by atoms with Crippen molar-refractivity contribution < 1.29 is 14.3 Å². The van der Waals surface area contributed by atoms with Gasteiger partial charge in [-0.2, -0.15) is 0 Å². The summed E-state index contributed by atoms with van der Waals surface area (Å²) in [4.78, 5) is 15.7. The second-order valence-corrected chi connectivity index (χ2v) is 4.21. The minimum atomic E-state index is -0.446.